The molecule has 0 aliphatic carbocycles. The van der Waals surface area contributed by atoms with Crippen LogP contribution in [0.2, 0.25) is 0 Å². The number of aromatic amines is 1. The van der Waals surface area contributed by atoms with Crippen molar-refractivity contribution < 1.29 is 14.7 Å². The van der Waals surface area contributed by atoms with Gasteiger partial charge in [-0.05, 0) is 12.8 Å². The van der Waals surface area contributed by atoms with Crippen LogP contribution in [-0.2, 0) is 4.79 Å². The van der Waals surface area contributed by atoms with Gasteiger partial charge in [0.2, 0.25) is 0 Å². The molecule has 7 heteroatoms. The second-order valence-corrected chi connectivity index (χ2v) is 3.66. The van der Waals surface area contributed by atoms with Crippen LogP contribution in [0.25, 0.3) is 0 Å². The van der Waals surface area contributed by atoms with Gasteiger partial charge < -0.3 is 15.7 Å². The number of carboxylic acid groups (broad SMARTS) is 1. The number of H-pyrrole nitrogens is 1. The summed E-state index contributed by atoms with van der Waals surface area (Å²) >= 11 is 0. The minimum Gasteiger partial charge on any atom is -0.480 e. The van der Waals surface area contributed by atoms with Crippen molar-refractivity contribution in [2.45, 2.75) is 32.2 Å². The monoisotopic (exact) mass is 240 g/mol. The predicted molar refractivity (Wildman–Crippen MR) is 61.7 cm³/mol. The molecule has 0 radical (unpaired) electrons. The first-order valence-corrected chi connectivity index (χ1v) is 5.35. The van der Waals surface area contributed by atoms with E-state index in [1.807, 2.05) is 0 Å². The molecular weight excluding hydrogens is 224 g/mol. The molecule has 0 aliphatic rings. The number of carbonyl (C=O) groups is 2. The normalized spacial score (nSPS) is 10.9. The first-order valence-electron chi connectivity index (χ1n) is 5.35. The number of aromatic nitrogens is 2. The number of nitrogens with zero attached hydrogens (tertiary/aromatic N) is 1. The molecule has 1 heterocycles. The van der Waals surface area contributed by atoms with E-state index in [0.717, 1.165) is 0 Å². The van der Waals surface area contributed by atoms with Crippen LogP contribution in [0, 0.1) is 0 Å². The molecule has 0 bridgehead atoms. The van der Waals surface area contributed by atoms with Crippen LogP contribution < -0.4 is 10.6 Å². The molecule has 7 nitrogen and oxygen atoms in total. The zero-order valence-corrected chi connectivity index (χ0v) is 9.78. The molecule has 94 valence electrons. The number of urea groups is 1. The maximum Gasteiger partial charge on any atom is 0.329 e. The van der Waals surface area contributed by atoms with Gasteiger partial charge in [0.15, 0.2) is 0 Å². The Morgan fingerprint density at radius 1 is 1.47 bits per heavy atom. The second kappa shape index (κ2) is 5.33. The number of rotatable bonds is 5. The third-order valence-electron chi connectivity index (χ3n) is 2.73. The predicted octanol–water partition coefficient (Wildman–Crippen LogP) is 1.17. The molecule has 1 rings (SSSR count). The van der Waals surface area contributed by atoms with Crippen molar-refractivity contribution >= 4 is 17.7 Å². The summed E-state index contributed by atoms with van der Waals surface area (Å²) in [7, 11) is 0. The number of hydrogen-bond donors (Lipinski definition) is 4. The Morgan fingerprint density at radius 3 is 2.53 bits per heavy atom. The quantitative estimate of drug-likeness (QED) is 0.619. The van der Waals surface area contributed by atoms with Crippen LogP contribution in [0.15, 0.2) is 12.4 Å². The molecule has 4 N–H and O–H groups in total. The summed E-state index contributed by atoms with van der Waals surface area (Å²) in [5, 5.41) is 20.3. The van der Waals surface area contributed by atoms with Gasteiger partial charge in [-0.3, -0.25) is 5.10 Å². The molecule has 2 amide bonds. The average molecular weight is 240 g/mol. The lowest BCUT2D eigenvalue weighted by molar-refractivity contribution is -0.144. The highest BCUT2D eigenvalue weighted by Gasteiger charge is 2.36. The summed E-state index contributed by atoms with van der Waals surface area (Å²) in [6.07, 6.45) is 3.56. The Morgan fingerprint density at radius 2 is 2.12 bits per heavy atom. The van der Waals surface area contributed by atoms with E-state index in [1.165, 1.54) is 12.4 Å². The molecule has 0 saturated carbocycles. The molecule has 0 atom stereocenters. The molecule has 17 heavy (non-hydrogen) atoms. The van der Waals surface area contributed by atoms with Crippen molar-refractivity contribution in [1.29, 1.82) is 0 Å². The summed E-state index contributed by atoms with van der Waals surface area (Å²) in [5.41, 5.74) is -0.748. The molecule has 1 aromatic heterocycles. The zero-order chi connectivity index (χ0) is 12.9. The fourth-order valence-corrected chi connectivity index (χ4v) is 1.48. The Hall–Kier alpha value is -2.05. The van der Waals surface area contributed by atoms with Crippen molar-refractivity contribution in [3.8, 4) is 0 Å². The average Bonchev–Trinajstić information content (AvgIpc) is 2.78. The number of carboxylic acids is 1. The highest BCUT2D eigenvalue weighted by atomic mass is 16.4. The molecule has 0 spiro atoms. The van der Waals surface area contributed by atoms with Crippen molar-refractivity contribution in [3.05, 3.63) is 12.4 Å². The summed E-state index contributed by atoms with van der Waals surface area (Å²) in [6, 6.07) is -0.558. The number of hydrogen-bond acceptors (Lipinski definition) is 3. The van der Waals surface area contributed by atoms with E-state index in [4.69, 9.17) is 5.11 Å². The lowest BCUT2D eigenvalue weighted by Gasteiger charge is -2.27. The summed E-state index contributed by atoms with van der Waals surface area (Å²) in [5.74, 6) is -1.04. The van der Waals surface area contributed by atoms with Crippen LogP contribution in [0.4, 0.5) is 10.5 Å². The standard InChI is InChI=1S/C10H16N4O3/c1-3-10(4-2,8(15)16)14-9(17)13-7-5-11-12-6-7/h5-6H,3-4H2,1-2H3,(H,11,12)(H,15,16)(H2,13,14,17). The molecule has 0 fully saturated rings. The molecule has 0 saturated heterocycles. The van der Waals surface area contributed by atoms with E-state index in [1.54, 1.807) is 13.8 Å². The lowest BCUT2D eigenvalue weighted by Crippen LogP contribution is -2.54. The zero-order valence-electron chi connectivity index (χ0n) is 9.78. The smallest absolute Gasteiger partial charge is 0.329 e. The maximum absolute atomic E-state index is 11.6. The Balaban J connectivity index is 2.68. The third-order valence-corrected chi connectivity index (χ3v) is 2.73. The Kier molecular flexibility index (Phi) is 4.08. The van der Waals surface area contributed by atoms with E-state index >= 15 is 0 Å². The highest BCUT2D eigenvalue weighted by molar-refractivity contribution is 5.93. The first kappa shape index (κ1) is 13.0. The van der Waals surface area contributed by atoms with Crippen molar-refractivity contribution in [2.24, 2.45) is 0 Å². The fourth-order valence-electron chi connectivity index (χ4n) is 1.48. The minimum atomic E-state index is -1.23. The van der Waals surface area contributed by atoms with Gasteiger partial charge in [-0.1, -0.05) is 13.8 Å². The molecule has 1 aromatic rings. The maximum atomic E-state index is 11.6. The number of nitrogens with one attached hydrogen (secondary N) is 3. The van der Waals surface area contributed by atoms with Crippen LogP contribution in [-0.4, -0.2) is 32.8 Å². The minimum absolute atomic E-state index is 0.317. The lowest BCUT2D eigenvalue weighted by atomic mass is 9.93. The molecular formula is C10H16N4O3. The largest absolute Gasteiger partial charge is 0.480 e. The van der Waals surface area contributed by atoms with Gasteiger partial charge in [-0.2, -0.15) is 5.10 Å². The van der Waals surface area contributed by atoms with Crippen molar-refractivity contribution in [1.82, 2.24) is 15.5 Å². The van der Waals surface area contributed by atoms with Crippen LogP contribution in [0.5, 0.6) is 0 Å². The van der Waals surface area contributed by atoms with Gasteiger partial charge in [0.25, 0.3) is 0 Å². The van der Waals surface area contributed by atoms with Gasteiger partial charge in [0.1, 0.15) is 5.54 Å². The van der Waals surface area contributed by atoms with Gasteiger partial charge in [0.05, 0.1) is 11.9 Å². The van der Waals surface area contributed by atoms with Crippen molar-refractivity contribution in [3.63, 3.8) is 0 Å². The van der Waals surface area contributed by atoms with E-state index in [9.17, 15) is 9.59 Å². The topological polar surface area (TPSA) is 107 Å². The Labute approximate surface area is 98.6 Å². The SMILES string of the molecule is CCC(CC)(NC(=O)Nc1cn[nH]c1)C(=O)O. The third kappa shape index (κ3) is 2.96. The number of anilines is 1. The highest BCUT2D eigenvalue weighted by Crippen LogP contribution is 2.15. The Bertz CT molecular complexity index is 384. The first-order chi connectivity index (χ1) is 8.04. The number of amides is 2. The summed E-state index contributed by atoms with van der Waals surface area (Å²) < 4.78 is 0. The fraction of sp³-hybridized carbons (Fsp3) is 0.500. The second-order valence-electron chi connectivity index (χ2n) is 3.66. The van der Waals surface area contributed by atoms with Crippen molar-refractivity contribution in [2.75, 3.05) is 5.32 Å². The van der Waals surface area contributed by atoms with E-state index in [2.05, 4.69) is 20.8 Å². The van der Waals surface area contributed by atoms with Gasteiger partial charge in [0, 0.05) is 6.20 Å². The number of carbonyl (C=O) groups excluding carboxylic acids is 1. The number of aliphatic carboxylic acids is 1. The van der Waals surface area contributed by atoms with Gasteiger partial charge >= 0.3 is 12.0 Å². The molecule has 0 unspecified atom stereocenters. The van der Waals surface area contributed by atoms with Gasteiger partial charge in [-0.25, -0.2) is 9.59 Å². The van der Waals surface area contributed by atoms with Crippen LogP contribution in [0.1, 0.15) is 26.7 Å². The van der Waals surface area contributed by atoms with E-state index in [0.29, 0.717) is 18.5 Å². The van der Waals surface area contributed by atoms with Gasteiger partial charge in [-0.15, -0.1) is 0 Å². The van der Waals surface area contributed by atoms with E-state index in [-0.39, 0.29) is 0 Å². The molecule has 0 aromatic carbocycles. The summed E-state index contributed by atoms with van der Waals surface area (Å²) in [4.78, 5) is 22.8. The summed E-state index contributed by atoms with van der Waals surface area (Å²) in [6.45, 7) is 3.44. The van der Waals surface area contributed by atoms with E-state index < -0.39 is 17.5 Å². The van der Waals surface area contributed by atoms with Crippen LogP contribution in [0.3, 0.4) is 0 Å². The molecule has 0 aliphatic heterocycles. The van der Waals surface area contributed by atoms with Crippen LogP contribution >= 0.6 is 0 Å².